The van der Waals surface area contributed by atoms with E-state index in [0.29, 0.717) is 0 Å². The summed E-state index contributed by atoms with van der Waals surface area (Å²) in [5, 5.41) is 7.20. The van der Waals surface area contributed by atoms with Crippen LogP contribution in [0.4, 0.5) is 5.69 Å². The Bertz CT molecular complexity index is 473. The van der Waals surface area contributed by atoms with E-state index in [1.54, 1.807) is 0 Å². The van der Waals surface area contributed by atoms with Crippen LogP contribution in [0.2, 0.25) is 0 Å². The van der Waals surface area contributed by atoms with Crippen LogP contribution < -0.4 is 10.7 Å². The molecule has 1 aromatic rings. The first-order valence-electron chi connectivity index (χ1n) is 6.44. The number of hydrogen-bond acceptors (Lipinski definition) is 3. The first-order chi connectivity index (χ1) is 8.80. The van der Waals surface area contributed by atoms with Gasteiger partial charge in [-0.2, -0.15) is 5.10 Å². The fourth-order valence-electron chi connectivity index (χ4n) is 1.30. The zero-order chi connectivity index (χ0) is 14.5. The molecule has 0 aromatic heterocycles. The summed E-state index contributed by atoms with van der Waals surface area (Å²) in [6, 6.07) is 7.86. The summed E-state index contributed by atoms with van der Waals surface area (Å²) in [4.78, 5) is 11.7. The maximum atomic E-state index is 11.7. The molecule has 0 radical (unpaired) electrons. The molecule has 0 spiro atoms. The molecule has 19 heavy (non-hydrogen) atoms. The lowest BCUT2D eigenvalue weighted by atomic mass is 9.91. The SMILES string of the molecule is C/C(=N\NC(=O)CNc1ccccc1C)C(C)(C)C. The number of rotatable bonds is 4. The monoisotopic (exact) mass is 261 g/mol. The molecule has 0 bridgehead atoms. The number of para-hydroxylation sites is 1. The van der Waals surface area contributed by atoms with Crippen molar-refractivity contribution >= 4 is 17.3 Å². The van der Waals surface area contributed by atoms with Crippen molar-refractivity contribution in [1.29, 1.82) is 0 Å². The summed E-state index contributed by atoms with van der Waals surface area (Å²) in [6.07, 6.45) is 0. The van der Waals surface area contributed by atoms with E-state index >= 15 is 0 Å². The van der Waals surface area contributed by atoms with Gasteiger partial charge in [0.05, 0.1) is 6.54 Å². The fraction of sp³-hybridized carbons (Fsp3) is 0.467. The average molecular weight is 261 g/mol. The smallest absolute Gasteiger partial charge is 0.259 e. The molecule has 0 aliphatic carbocycles. The Morgan fingerprint density at radius 3 is 2.47 bits per heavy atom. The summed E-state index contributed by atoms with van der Waals surface area (Å²) in [5.41, 5.74) is 5.52. The lowest BCUT2D eigenvalue weighted by Crippen LogP contribution is -2.29. The number of hydrazone groups is 1. The first-order valence-corrected chi connectivity index (χ1v) is 6.44. The minimum atomic E-state index is -0.146. The van der Waals surface area contributed by atoms with Crippen LogP contribution in [0.5, 0.6) is 0 Å². The molecule has 0 unspecified atom stereocenters. The van der Waals surface area contributed by atoms with E-state index in [-0.39, 0.29) is 17.9 Å². The quantitative estimate of drug-likeness (QED) is 0.646. The van der Waals surface area contributed by atoms with Crippen molar-refractivity contribution < 1.29 is 4.79 Å². The number of benzene rings is 1. The van der Waals surface area contributed by atoms with Gasteiger partial charge in [-0.05, 0) is 25.5 Å². The van der Waals surface area contributed by atoms with Gasteiger partial charge in [0.15, 0.2) is 0 Å². The Morgan fingerprint density at radius 1 is 1.26 bits per heavy atom. The molecule has 1 rings (SSSR count). The van der Waals surface area contributed by atoms with Crippen molar-refractivity contribution in [3.05, 3.63) is 29.8 Å². The van der Waals surface area contributed by atoms with Crippen LogP contribution in [0.25, 0.3) is 0 Å². The number of carbonyl (C=O) groups is 1. The molecule has 2 N–H and O–H groups in total. The second-order valence-corrected chi connectivity index (χ2v) is 5.65. The predicted octanol–water partition coefficient (Wildman–Crippen LogP) is 2.95. The van der Waals surface area contributed by atoms with Crippen molar-refractivity contribution in [2.45, 2.75) is 34.6 Å². The number of aryl methyl sites for hydroxylation is 1. The highest BCUT2D eigenvalue weighted by atomic mass is 16.2. The molecular formula is C15H23N3O. The van der Waals surface area contributed by atoms with E-state index < -0.39 is 0 Å². The largest absolute Gasteiger partial charge is 0.376 e. The van der Waals surface area contributed by atoms with E-state index in [9.17, 15) is 4.79 Å². The van der Waals surface area contributed by atoms with Crippen LogP contribution >= 0.6 is 0 Å². The van der Waals surface area contributed by atoms with Gasteiger partial charge < -0.3 is 5.32 Å². The summed E-state index contributed by atoms with van der Waals surface area (Å²) < 4.78 is 0. The Morgan fingerprint density at radius 2 is 1.89 bits per heavy atom. The molecule has 0 atom stereocenters. The van der Waals surface area contributed by atoms with Gasteiger partial charge in [0.1, 0.15) is 0 Å². The molecule has 0 saturated carbocycles. The van der Waals surface area contributed by atoms with E-state index in [4.69, 9.17) is 0 Å². The van der Waals surface area contributed by atoms with Crippen molar-refractivity contribution in [3.63, 3.8) is 0 Å². The third-order valence-corrected chi connectivity index (χ3v) is 3.02. The second kappa shape index (κ2) is 6.36. The standard InChI is InChI=1S/C15H23N3O/c1-11-8-6-7-9-13(11)16-10-14(19)18-17-12(2)15(3,4)5/h6-9,16H,10H2,1-5H3,(H,18,19)/b17-12+. The zero-order valence-electron chi connectivity index (χ0n) is 12.4. The molecule has 104 valence electrons. The van der Waals surface area contributed by atoms with Gasteiger partial charge in [-0.15, -0.1) is 0 Å². The molecular weight excluding hydrogens is 238 g/mol. The lowest BCUT2D eigenvalue weighted by molar-refractivity contribution is -0.119. The molecule has 1 aromatic carbocycles. The maximum absolute atomic E-state index is 11.7. The number of nitrogens with zero attached hydrogens (tertiary/aromatic N) is 1. The summed E-state index contributed by atoms with van der Waals surface area (Å²) >= 11 is 0. The Kier molecular flexibility index (Phi) is 5.10. The second-order valence-electron chi connectivity index (χ2n) is 5.65. The summed E-state index contributed by atoms with van der Waals surface area (Å²) in [6.45, 7) is 10.3. The van der Waals surface area contributed by atoms with Crippen LogP contribution in [0.15, 0.2) is 29.4 Å². The molecule has 4 nitrogen and oxygen atoms in total. The van der Waals surface area contributed by atoms with Crippen LogP contribution in [0, 0.1) is 12.3 Å². The van der Waals surface area contributed by atoms with Gasteiger partial charge in [0.25, 0.3) is 5.91 Å². The number of amides is 1. The van der Waals surface area contributed by atoms with Crippen LogP contribution in [0.1, 0.15) is 33.3 Å². The van der Waals surface area contributed by atoms with Crippen molar-refractivity contribution in [2.75, 3.05) is 11.9 Å². The van der Waals surface area contributed by atoms with Gasteiger partial charge in [-0.3, -0.25) is 4.79 Å². The summed E-state index contributed by atoms with van der Waals surface area (Å²) in [7, 11) is 0. The molecule has 0 saturated heterocycles. The van der Waals surface area contributed by atoms with Crippen molar-refractivity contribution in [2.24, 2.45) is 10.5 Å². The minimum Gasteiger partial charge on any atom is -0.376 e. The van der Waals surface area contributed by atoms with Gasteiger partial charge in [-0.1, -0.05) is 39.0 Å². The van der Waals surface area contributed by atoms with E-state index in [0.717, 1.165) is 17.0 Å². The van der Waals surface area contributed by atoms with E-state index in [1.807, 2.05) is 38.1 Å². The van der Waals surface area contributed by atoms with Gasteiger partial charge in [0, 0.05) is 16.8 Å². The van der Waals surface area contributed by atoms with Gasteiger partial charge >= 0.3 is 0 Å². The van der Waals surface area contributed by atoms with E-state index in [2.05, 4.69) is 36.6 Å². The van der Waals surface area contributed by atoms with Gasteiger partial charge in [0.2, 0.25) is 0 Å². The average Bonchev–Trinajstić information content (AvgIpc) is 2.33. The molecule has 1 amide bonds. The molecule has 0 heterocycles. The normalized spacial score (nSPS) is 12.2. The third kappa shape index (κ3) is 5.12. The molecule has 0 aliphatic heterocycles. The Balaban J connectivity index is 2.48. The first kappa shape index (κ1) is 15.2. The number of nitrogens with one attached hydrogen (secondary N) is 2. The van der Waals surface area contributed by atoms with Crippen LogP contribution in [0.3, 0.4) is 0 Å². The number of anilines is 1. The number of hydrogen-bond donors (Lipinski definition) is 2. The fourth-order valence-corrected chi connectivity index (χ4v) is 1.30. The molecule has 4 heteroatoms. The van der Waals surface area contributed by atoms with Gasteiger partial charge in [-0.25, -0.2) is 5.43 Å². The third-order valence-electron chi connectivity index (χ3n) is 3.02. The zero-order valence-corrected chi connectivity index (χ0v) is 12.4. The highest BCUT2D eigenvalue weighted by Crippen LogP contribution is 2.15. The van der Waals surface area contributed by atoms with E-state index in [1.165, 1.54) is 0 Å². The Labute approximate surface area is 115 Å². The van der Waals surface area contributed by atoms with Crippen LogP contribution in [-0.4, -0.2) is 18.2 Å². The Hall–Kier alpha value is -1.84. The summed E-state index contributed by atoms with van der Waals surface area (Å²) in [5.74, 6) is -0.146. The van der Waals surface area contributed by atoms with Crippen LogP contribution in [-0.2, 0) is 4.79 Å². The highest BCUT2D eigenvalue weighted by molar-refractivity contribution is 5.89. The lowest BCUT2D eigenvalue weighted by Gasteiger charge is -2.17. The topological polar surface area (TPSA) is 53.5 Å². The van der Waals surface area contributed by atoms with Crippen molar-refractivity contribution in [1.82, 2.24) is 5.43 Å². The highest BCUT2D eigenvalue weighted by Gasteiger charge is 2.14. The number of carbonyl (C=O) groups excluding carboxylic acids is 1. The molecule has 0 aliphatic rings. The minimum absolute atomic E-state index is 0.0310. The predicted molar refractivity (Wildman–Crippen MR) is 80.4 cm³/mol. The molecule has 0 fully saturated rings. The maximum Gasteiger partial charge on any atom is 0.259 e. The van der Waals surface area contributed by atoms with Crippen molar-refractivity contribution in [3.8, 4) is 0 Å².